The second kappa shape index (κ2) is 13.6. The highest BCUT2D eigenvalue weighted by molar-refractivity contribution is 6.19. The molecule has 12 aromatic rings. The van der Waals surface area contributed by atoms with Crippen LogP contribution in [0.1, 0.15) is 17.7 Å². The summed E-state index contributed by atoms with van der Waals surface area (Å²) in [5.74, 6) is 0. The van der Waals surface area contributed by atoms with Crippen molar-refractivity contribution in [2.75, 3.05) is 4.90 Å². The van der Waals surface area contributed by atoms with E-state index < -0.39 is 0 Å². The molecule has 0 atom stereocenters. The van der Waals surface area contributed by atoms with Crippen LogP contribution in [0, 0.1) is 12.1 Å². The van der Waals surface area contributed by atoms with Crippen LogP contribution in [0.3, 0.4) is 0 Å². The van der Waals surface area contributed by atoms with Gasteiger partial charge in [-0.05, 0) is 108 Å². The Balaban J connectivity index is 0.988. The average Bonchev–Trinajstić information content (AvgIpc) is 4.02. The number of anilines is 3. The number of benzene rings is 8. The van der Waals surface area contributed by atoms with Crippen LogP contribution >= 0.6 is 0 Å². The maximum absolute atomic E-state index is 6.73. The molecular weight excluding hydrogens is 757 g/mol. The third-order valence-corrected chi connectivity index (χ3v) is 12.7. The van der Waals surface area contributed by atoms with Gasteiger partial charge in [-0.25, -0.2) is 0 Å². The van der Waals surface area contributed by atoms with Crippen molar-refractivity contribution in [1.29, 1.82) is 0 Å². The highest BCUT2D eigenvalue weighted by Gasteiger charge is 2.23. The second-order valence-electron chi connectivity index (χ2n) is 16.2. The molecule has 0 amide bonds. The third-order valence-electron chi connectivity index (χ3n) is 12.7. The largest absolute Gasteiger partial charge is 0.456 e. The molecule has 0 N–H and O–H groups in total. The first kappa shape index (κ1) is 34.6. The van der Waals surface area contributed by atoms with Crippen LogP contribution in [0.2, 0.25) is 0 Å². The van der Waals surface area contributed by atoms with Gasteiger partial charge in [-0.1, -0.05) is 127 Å². The van der Waals surface area contributed by atoms with E-state index in [0.29, 0.717) is 0 Å². The zero-order valence-electron chi connectivity index (χ0n) is 33.6. The van der Waals surface area contributed by atoms with E-state index in [0.717, 1.165) is 112 Å². The van der Waals surface area contributed by atoms with E-state index >= 15 is 0 Å². The van der Waals surface area contributed by atoms with Gasteiger partial charge in [0.15, 0.2) is 0 Å². The quantitative estimate of drug-likeness (QED) is 0.168. The lowest BCUT2D eigenvalue weighted by molar-refractivity contribution is 0.669. The highest BCUT2D eigenvalue weighted by atomic mass is 16.3. The first-order valence-electron chi connectivity index (χ1n) is 21.2. The van der Waals surface area contributed by atoms with Gasteiger partial charge in [0.1, 0.15) is 22.3 Å². The molecule has 9 aromatic carbocycles. The van der Waals surface area contributed by atoms with E-state index in [-0.39, 0.29) is 0 Å². The van der Waals surface area contributed by atoms with E-state index in [4.69, 9.17) is 8.83 Å². The Morgan fingerprint density at radius 2 is 1.32 bits per heavy atom. The molecule has 0 bridgehead atoms. The van der Waals surface area contributed by atoms with Gasteiger partial charge in [0.05, 0.1) is 28.0 Å². The number of furan rings is 2. The minimum absolute atomic E-state index is 0.832. The Kier molecular flexibility index (Phi) is 7.61. The monoisotopic (exact) mass is 792 g/mol. The maximum atomic E-state index is 6.73. The van der Waals surface area contributed by atoms with E-state index in [2.05, 4.69) is 204 Å². The summed E-state index contributed by atoms with van der Waals surface area (Å²) in [4.78, 5) is 2.30. The van der Waals surface area contributed by atoms with Crippen molar-refractivity contribution in [2.24, 2.45) is 0 Å². The zero-order chi connectivity index (χ0) is 40.7. The van der Waals surface area contributed by atoms with Gasteiger partial charge in [-0.3, -0.25) is 0 Å². The van der Waals surface area contributed by atoms with Gasteiger partial charge in [0.25, 0.3) is 0 Å². The van der Waals surface area contributed by atoms with E-state index in [1.54, 1.807) is 0 Å². The van der Waals surface area contributed by atoms with Crippen molar-refractivity contribution in [3.63, 3.8) is 0 Å². The van der Waals surface area contributed by atoms with Gasteiger partial charge < -0.3 is 18.3 Å². The summed E-state index contributed by atoms with van der Waals surface area (Å²) in [6, 6.07) is 71.8. The molecule has 3 heterocycles. The molecule has 4 nitrogen and oxygen atoms in total. The highest BCUT2D eigenvalue weighted by Crippen LogP contribution is 2.45. The Morgan fingerprint density at radius 3 is 2.26 bits per heavy atom. The number of allylic oxidation sites excluding steroid dienone is 1. The molecule has 4 heteroatoms. The van der Waals surface area contributed by atoms with Gasteiger partial charge in [-0.15, -0.1) is 0 Å². The smallest absolute Gasteiger partial charge is 0.143 e. The van der Waals surface area contributed by atoms with Gasteiger partial charge in [0, 0.05) is 55.0 Å². The summed E-state index contributed by atoms with van der Waals surface area (Å²) in [6.07, 6.45) is 6.61. The summed E-state index contributed by atoms with van der Waals surface area (Å²) in [7, 11) is 0. The summed E-state index contributed by atoms with van der Waals surface area (Å²) < 4.78 is 15.4. The van der Waals surface area contributed by atoms with Crippen LogP contribution in [0.25, 0.3) is 99.6 Å². The molecule has 3 aromatic heterocycles. The molecule has 0 saturated carbocycles. The fraction of sp³-hybridized carbons (Fsp3) is 0.0345. The van der Waals surface area contributed by atoms with Gasteiger partial charge in [0.2, 0.25) is 0 Å². The molecule has 0 saturated heterocycles. The number of hydrogen-bond acceptors (Lipinski definition) is 3. The molecule has 0 unspecified atom stereocenters. The van der Waals surface area contributed by atoms with Crippen molar-refractivity contribution < 1.29 is 8.83 Å². The molecule has 0 spiro atoms. The van der Waals surface area contributed by atoms with Crippen molar-refractivity contribution in [2.45, 2.75) is 12.8 Å². The summed E-state index contributed by atoms with van der Waals surface area (Å²) in [5, 5.41) is 7.86. The molecule has 1 aliphatic carbocycles. The zero-order valence-corrected chi connectivity index (χ0v) is 33.6. The Bertz CT molecular complexity index is 3770. The molecule has 0 fully saturated rings. The number of aromatic nitrogens is 1. The average molecular weight is 793 g/mol. The van der Waals surface area contributed by atoms with Crippen molar-refractivity contribution in [1.82, 2.24) is 4.57 Å². The molecule has 290 valence electrons. The van der Waals surface area contributed by atoms with E-state index in [9.17, 15) is 0 Å². The van der Waals surface area contributed by atoms with Crippen molar-refractivity contribution in [3.05, 3.63) is 211 Å². The van der Waals surface area contributed by atoms with E-state index in [1.165, 1.54) is 22.2 Å². The molecule has 62 heavy (non-hydrogen) atoms. The Labute approximate surface area is 357 Å². The predicted molar refractivity (Wildman–Crippen MR) is 256 cm³/mol. The number of rotatable bonds is 6. The normalized spacial score (nSPS) is 12.5. The number of nitrogens with zero attached hydrogens (tertiary/aromatic N) is 2. The first-order valence-corrected chi connectivity index (χ1v) is 21.2. The molecule has 0 radical (unpaired) electrons. The second-order valence-corrected chi connectivity index (χ2v) is 16.2. The van der Waals surface area contributed by atoms with Crippen LogP contribution in [-0.4, -0.2) is 4.57 Å². The minimum atomic E-state index is 0.832. The lowest BCUT2D eigenvalue weighted by Gasteiger charge is -2.25. The van der Waals surface area contributed by atoms with Crippen LogP contribution in [0.4, 0.5) is 17.1 Å². The van der Waals surface area contributed by atoms with Crippen LogP contribution in [0.5, 0.6) is 0 Å². The van der Waals surface area contributed by atoms with Crippen molar-refractivity contribution in [3.8, 4) is 27.9 Å². The lowest BCUT2D eigenvalue weighted by atomic mass is 10.0. The maximum Gasteiger partial charge on any atom is 0.143 e. The Hall–Kier alpha value is -8.26. The number of fused-ring (bicyclic) bond motifs is 11. The molecule has 1 aliphatic rings. The summed E-state index contributed by atoms with van der Waals surface area (Å²) >= 11 is 0. The van der Waals surface area contributed by atoms with Crippen LogP contribution < -0.4 is 4.90 Å². The van der Waals surface area contributed by atoms with Crippen molar-refractivity contribution >= 4 is 88.7 Å². The predicted octanol–water partition coefficient (Wildman–Crippen LogP) is 15.9. The van der Waals surface area contributed by atoms with Crippen LogP contribution in [0.15, 0.2) is 197 Å². The third kappa shape index (κ3) is 5.29. The van der Waals surface area contributed by atoms with Gasteiger partial charge in [-0.2, -0.15) is 0 Å². The first-order chi connectivity index (χ1) is 30.7. The SMILES string of the molecule is c1c(-c2ccccc2-n2c3c(c4ccccc42)C=CCC3)ccc(N(c2cccc(-c3ccc4oc5ccccc5c4c3)c2)c2cccc3oc4c5ccccc5ccc4c23)c#1. The van der Waals surface area contributed by atoms with E-state index in [1.807, 2.05) is 12.1 Å². The lowest BCUT2D eigenvalue weighted by Crippen LogP contribution is -2.10. The molecule has 13 rings (SSSR count). The Morgan fingerprint density at radius 1 is 0.532 bits per heavy atom. The number of hydrogen-bond donors (Lipinski definition) is 0. The summed E-state index contributed by atoms with van der Waals surface area (Å²) in [6.45, 7) is 0. The van der Waals surface area contributed by atoms with Gasteiger partial charge >= 0.3 is 0 Å². The molecule has 0 aliphatic heterocycles. The topological polar surface area (TPSA) is 34.5 Å². The fourth-order valence-corrected chi connectivity index (χ4v) is 9.87. The minimum Gasteiger partial charge on any atom is -0.456 e. The fourth-order valence-electron chi connectivity index (χ4n) is 9.87. The number of para-hydroxylation sites is 3. The standard InChI is InChI=1S/C58H36N2O2/c1-2-17-44-37(13-1)29-33-48-57-53(24-12-26-56(57)62-58(44)48)59(42-15-11-14-39(35-42)40-30-34-55-49(36-40)47-20-6-10-25-54(47)61-55)41-31-27-38(28-32-41)43-16-3-7-21-50(43)60-51-22-8-4-18-45(51)46-19-5-9-23-52(46)60/h1-8,10-22,24-27,29-31,33-36H,9,23H2. The summed E-state index contributed by atoms with van der Waals surface area (Å²) in [5.41, 5.74) is 15.7. The molecular formula is C58H36N2O2. The van der Waals surface area contributed by atoms with Crippen LogP contribution in [-0.2, 0) is 6.42 Å².